The van der Waals surface area contributed by atoms with Crippen LogP contribution in [0.5, 0.6) is 0 Å². The summed E-state index contributed by atoms with van der Waals surface area (Å²) in [6.45, 7) is 11.1. The standard InChI is InChI=1S/C41H74O8Si/c1-6-7-8-9-10-11-15-18-21-40(49-50(3,4)5)39-27-26-38(48-39)36-25-24-35(44-30-45-36)37-23-22-33(46-37)19-16-13-12-14-17-20-34-29-32(28-31(2)42)41(43)47-34/h32-40H,6-30H2,1-5H3/t32-,33-,34-,35+,36-,37+,38-,39-,40+/m1/s1. The topological polar surface area (TPSA) is 89.5 Å². The van der Waals surface area contributed by atoms with Crippen LogP contribution in [0.4, 0.5) is 0 Å². The lowest BCUT2D eigenvalue weighted by Crippen LogP contribution is -2.40. The SMILES string of the molecule is CCCCCCCCCC[C@H](O[Si](C)(C)C)[C@H]1CC[C@H]([C@H]2CC[C@@H]([C@@H]3CC[C@@H](CCCCCCC[C@@H]4C[C@@H](CC(C)=O)C(=O)O4)O3)OCO2)O1. The van der Waals surface area contributed by atoms with Crippen LogP contribution in [0.3, 0.4) is 0 Å². The molecule has 0 aromatic rings. The number of ether oxygens (including phenoxy) is 5. The molecule has 50 heavy (non-hydrogen) atoms. The molecule has 4 aliphatic heterocycles. The van der Waals surface area contributed by atoms with Gasteiger partial charge in [0.25, 0.3) is 0 Å². The maximum absolute atomic E-state index is 12.0. The van der Waals surface area contributed by atoms with Gasteiger partial charge >= 0.3 is 5.97 Å². The first-order valence-corrected chi connectivity index (χ1v) is 24.4. The van der Waals surface area contributed by atoms with Gasteiger partial charge < -0.3 is 32.9 Å². The van der Waals surface area contributed by atoms with E-state index in [1.165, 1.54) is 70.6 Å². The number of hydrogen-bond donors (Lipinski definition) is 0. The molecule has 0 aromatic carbocycles. The van der Waals surface area contributed by atoms with Crippen LogP contribution in [0.25, 0.3) is 0 Å². The number of hydrogen-bond acceptors (Lipinski definition) is 8. The van der Waals surface area contributed by atoms with Crippen LogP contribution in [-0.4, -0.2) is 75.7 Å². The van der Waals surface area contributed by atoms with Crippen molar-refractivity contribution in [1.29, 1.82) is 0 Å². The Kier molecular flexibility index (Phi) is 18.8. The molecule has 4 rings (SSSR count). The molecule has 9 heteroatoms. The average molecular weight is 723 g/mol. The van der Waals surface area contributed by atoms with Crippen LogP contribution < -0.4 is 0 Å². The Morgan fingerprint density at radius 2 is 1.28 bits per heavy atom. The second kappa shape index (κ2) is 22.4. The first-order chi connectivity index (χ1) is 24.1. The molecular weight excluding hydrogens is 649 g/mol. The van der Waals surface area contributed by atoms with Gasteiger partial charge in [-0.15, -0.1) is 0 Å². The minimum Gasteiger partial charge on any atom is -0.462 e. The lowest BCUT2D eigenvalue weighted by Gasteiger charge is -2.31. The summed E-state index contributed by atoms with van der Waals surface area (Å²) in [5.74, 6) is -0.335. The van der Waals surface area contributed by atoms with Gasteiger partial charge in [-0.1, -0.05) is 84.0 Å². The van der Waals surface area contributed by atoms with Gasteiger partial charge in [0.05, 0.1) is 48.6 Å². The highest BCUT2D eigenvalue weighted by atomic mass is 28.4. The number of cyclic esters (lactones) is 1. The first kappa shape index (κ1) is 41.9. The van der Waals surface area contributed by atoms with E-state index in [1.807, 2.05) is 0 Å². The molecule has 0 bridgehead atoms. The van der Waals surface area contributed by atoms with Crippen molar-refractivity contribution in [3.63, 3.8) is 0 Å². The molecule has 290 valence electrons. The quantitative estimate of drug-likeness (QED) is 0.0553. The zero-order valence-electron chi connectivity index (χ0n) is 32.6. The lowest BCUT2D eigenvalue weighted by molar-refractivity contribution is -0.154. The second-order valence-corrected chi connectivity index (χ2v) is 21.5. The summed E-state index contributed by atoms with van der Waals surface area (Å²) in [7, 11) is -1.67. The van der Waals surface area contributed by atoms with E-state index < -0.39 is 8.32 Å². The fourth-order valence-corrected chi connectivity index (χ4v) is 9.87. The number of Topliss-reactive ketones (excluding diaryl/α,β-unsaturated/α-hetero) is 1. The van der Waals surface area contributed by atoms with Crippen LogP contribution in [0.15, 0.2) is 0 Å². The van der Waals surface area contributed by atoms with E-state index in [-0.39, 0.29) is 60.4 Å². The van der Waals surface area contributed by atoms with E-state index in [2.05, 4.69) is 26.6 Å². The predicted octanol–water partition coefficient (Wildman–Crippen LogP) is 10.00. The largest absolute Gasteiger partial charge is 0.462 e. The Morgan fingerprint density at radius 3 is 1.92 bits per heavy atom. The summed E-state index contributed by atoms with van der Waals surface area (Å²) < 4.78 is 38.0. The number of carbonyl (C=O) groups excluding carboxylic acids is 2. The normalized spacial score (nSPS) is 31.2. The lowest BCUT2D eigenvalue weighted by atomic mass is 9.96. The Labute approximate surface area is 306 Å². The van der Waals surface area contributed by atoms with Crippen LogP contribution in [0, 0.1) is 5.92 Å². The maximum atomic E-state index is 12.0. The van der Waals surface area contributed by atoms with Gasteiger partial charge in [-0.05, 0) is 97.2 Å². The fourth-order valence-electron chi connectivity index (χ4n) is 8.69. The highest BCUT2D eigenvalue weighted by molar-refractivity contribution is 6.69. The Morgan fingerprint density at radius 1 is 0.720 bits per heavy atom. The molecule has 4 fully saturated rings. The predicted molar refractivity (Wildman–Crippen MR) is 201 cm³/mol. The van der Waals surface area contributed by atoms with Crippen LogP contribution in [-0.2, 0) is 37.7 Å². The minimum atomic E-state index is -1.67. The Hall–Kier alpha value is -0.843. The van der Waals surface area contributed by atoms with Gasteiger partial charge in [0.1, 0.15) is 18.7 Å². The molecule has 0 N–H and O–H groups in total. The smallest absolute Gasteiger partial charge is 0.309 e. The van der Waals surface area contributed by atoms with Crippen molar-refractivity contribution in [1.82, 2.24) is 0 Å². The van der Waals surface area contributed by atoms with E-state index in [0.29, 0.717) is 25.7 Å². The molecule has 4 saturated heterocycles. The molecular formula is C41H74O8Si. The summed E-state index contributed by atoms with van der Waals surface area (Å²) >= 11 is 0. The third kappa shape index (κ3) is 15.3. The first-order valence-electron chi connectivity index (χ1n) is 21.0. The average Bonchev–Trinajstić information content (AvgIpc) is 3.78. The molecule has 8 nitrogen and oxygen atoms in total. The summed E-state index contributed by atoms with van der Waals surface area (Å²) in [4.78, 5) is 23.3. The molecule has 0 saturated carbocycles. The van der Waals surface area contributed by atoms with Gasteiger partial charge in [0, 0.05) is 6.42 Å². The van der Waals surface area contributed by atoms with Gasteiger partial charge in [0.2, 0.25) is 0 Å². The highest BCUT2D eigenvalue weighted by Gasteiger charge is 2.41. The third-order valence-corrected chi connectivity index (χ3v) is 12.4. The summed E-state index contributed by atoms with van der Waals surface area (Å²) in [6.07, 6.45) is 28.1. The molecule has 4 heterocycles. The van der Waals surface area contributed by atoms with Crippen molar-refractivity contribution in [2.75, 3.05) is 6.79 Å². The van der Waals surface area contributed by atoms with Crippen molar-refractivity contribution >= 4 is 20.1 Å². The van der Waals surface area contributed by atoms with Crippen molar-refractivity contribution in [3.05, 3.63) is 0 Å². The van der Waals surface area contributed by atoms with Gasteiger partial charge in [-0.25, -0.2) is 0 Å². The number of unbranched alkanes of at least 4 members (excludes halogenated alkanes) is 11. The van der Waals surface area contributed by atoms with Crippen molar-refractivity contribution in [3.8, 4) is 0 Å². The van der Waals surface area contributed by atoms with E-state index in [4.69, 9.17) is 28.1 Å². The van der Waals surface area contributed by atoms with Crippen molar-refractivity contribution < 1.29 is 37.7 Å². The summed E-state index contributed by atoms with van der Waals surface area (Å²) in [5.41, 5.74) is 0. The fraction of sp³-hybridized carbons (Fsp3) is 0.951. The zero-order chi connectivity index (χ0) is 35.8. The summed E-state index contributed by atoms with van der Waals surface area (Å²) in [5, 5.41) is 0. The summed E-state index contributed by atoms with van der Waals surface area (Å²) in [6, 6.07) is 0. The monoisotopic (exact) mass is 723 g/mol. The Bertz CT molecular complexity index is 971. The molecule has 0 aromatic heterocycles. The van der Waals surface area contributed by atoms with E-state index in [1.54, 1.807) is 6.92 Å². The number of ketones is 1. The molecule has 9 atom stereocenters. The Balaban J connectivity index is 1.07. The molecule has 4 aliphatic rings. The number of esters is 1. The van der Waals surface area contributed by atoms with E-state index in [9.17, 15) is 9.59 Å². The van der Waals surface area contributed by atoms with Crippen molar-refractivity contribution in [2.45, 2.75) is 236 Å². The highest BCUT2D eigenvalue weighted by Crippen LogP contribution is 2.35. The number of carbonyl (C=O) groups is 2. The van der Waals surface area contributed by atoms with Crippen LogP contribution in [0.1, 0.15) is 168 Å². The van der Waals surface area contributed by atoms with Gasteiger partial charge in [-0.3, -0.25) is 4.79 Å². The second-order valence-electron chi connectivity index (χ2n) is 17.0. The maximum Gasteiger partial charge on any atom is 0.309 e. The molecule has 0 amide bonds. The number of rotatable bonds is 24. The van der Waals surface area contributed by atoms with Gasteiger partial charge in [-0.2, -0.15) is 0 Å². The third-order valence-electron chi connectivity index (χ3n) is 11.4. The van der Waals surface area contributed by atoms with Crippen LogP contribution in [0.2, 0.25) is 19.6 Å². The molecule has 0 aliphatic carbocycles. The van der Waals surface area contributed by atoms with E-state index in [0.717, 1.165) is 70.6 Å². The minimum absolute atomic E-state index is 0.00119. The van der Waals surface area contributed by atoms with Crippen molar-refractivity contribution in [2.24, 2.45) is 5.92 Å². The van der Waals surface area contributed by atoms with Gasteiger partial charge in [0.15, 0.2) is 8.32 Å². The molecule has 0 radical (unpaired) electrons. The van der Waals surface area contributed by atoms with Crippen LogP contribution >= 0.6 is 0 Å². The zero-order valence-corrected chi connectivity index (χ0v) is 33.6. The molecule has 0 spiro atoms. The molecule has 0 unspecified atom stereocenters. The van der Waals surface area contributed by atoms with E-state index >= 15 is 0 Å².